The Hall–Kier alpha value is -7.50. The molecule has 1 atom stereocenters. The molecular weight excluding hydrogens is 695 g/mol. The molecule has 1 aliphatic carbocycles. The Bertz CT molecular complexity index is 3400. The van der Waals surface area contributed by atoms with Gasteiger partial charge in [-0.3, -0.25) is 4.57 Å². The third-order valence-electron chi connectivity index (χ3n) is 11.8. The van der Waals surface area contributed by atoms with E-state index in [0.29, 0.717) is 5.95 Å². The second-order valence-electron chi connectivity index (χ2n) is 15.0. The highest BCUT2D eigenvalue weighted by Crippen LogP contribution is 2.42. The molecule has 0 saturated carbocycles. The number of nitrogens with zero attached hydrogens (tertiary/aromatic N) is 5. The first-order valence-corrected chi connectivity index (χ1v) is 19.6. The molecule has 0 amide bonds. The van der Waals surface area contributed by atoms with Crippen LogP contribution in [0.25, 0.3) is 94.0 Å². The lowest BCUT2D eigenvalue weighted by atomic mass is 9.96. The van der Waals surface area contributed by atoms with E-state index in [0.717, 1.165) is 62.2 Å². The Kier molecular flexibility index (Phi) is 6.99. The first-order chi connectivity index (χ1) is 28.3. The summed E-state index contributed by atoms with van der Waals surface area (Å²) in [5, 5.41) is 7.21. The molecule has 0 radical (unpaired) electrons. The van der Waals surface area contributed by atoms with E-state index in [2.05, 4.69) is 208 Å². The molecule has 0 aliphatic heterocycles. The summed E-state index contributed by atoms with van der Waals surface area (Å²) in [6, 6.07) is 61.1. The first-order valence-electron chi connectivity index (χ1n) is 19.6. The van der Waals surface area contributed by atoms with Gasteiger partial charge in [0, 0.05) is 55.2 Å². The van der Waals surface area contributed by atoms with Gasteiger partial charge in [-0.2, -0.15) is 0 Å². The molecule has 12 rings (SSSR count). The lowest BCUT2D eigenvalue weighted by Crippen LogP contribution is -2.09. The van der Waals surface area contributed by atoms with Crippen molar-refractivity contribution in [2.24, 2.45) is 0 Å². The minimum atomic E-state index is 0.155. The van der Waals surface area contributed by atoms with Crippen molar-refractivity contribution in [3.8, 4) is 28.6 Å². The Labute approximate surface area is 328 Å². The molecule has 0 spiro atoms. The largest absolute Gasteiger partial charge is 0.309 e. The molecule has 0 saturated heterocycles. The van der Waals surface area contributed by atoms with E-state index < -0.39 is 0 Å². The van der Waals surface area contributed by atoms with Gasteiger partial charge >= 0.3 is 0 Å². The van der Waals surface area contributed by atoms with Gasteiger partial charge in [-0.25, -0.2) is 9.97 Å². The Morgan fingerprint density at radius 3 is 1.56 bits per heavy atom. The Balaban J connectivity index is 1.19. The molecule has 1 unspecified atom stereocenters. The lowest BCUT2D eigenvalue weighted by molar-refractivity contribution is 0.797. The van der Waals surface area contributed by atoms with Crippen LogP contribution in [0.1, 0.15) is 18.0 Å². The average molecular weight is 730 g/mol. The fourth-order valence-electron chi connectivity index (χ4n) is 9.25. The molecule has 11 aromatic rings. The van der Waals surface area contributed by atoms with Crippen molar-refractivity contribution in [2.75, 3.05) is 0 Å². The molecule has 0 bridgehead atoms. The summed E-state index contributed by atoms with van der Waals surface area (Å²) >= 11 is 0. The lowest BCUT2D eigenvalue weighted by Gasteiger charge is -2.17. The zero-order valence-corrected chi connectivity index (χ0v) is 31.0. The Morgan fingerprint density at radius 2 is 0.947 bits per heavy atom. The van der Waals surface area contributed by atoms with Gasteiger partial charge in [0.2, 0.25) is 5.95 Å². The highest BCUT2D eigenvalue weighted by molar-refractivity contribution is 6.23. The van der Waals surface area contributed by atoms with E-state index in [1.54, 1.807) is 0 Å². The summed E-state index contributed by atoms with van der Waals surface area (Å²) in [6.45, 7) is 0. The predicted octanol–water partition coefficient (Wildman–Crippen LogP) is 13.0. The predicted molar refractivity (Wildman–Crippen MR) is 236 cm³/mol. The van der Waals surface area contributed by atoms with Gasteiger partial charge in [0.25, 0.3) is 0 Å². The maximum Gasteiger partial charge on any atom is 0.235 e. The molecule has 5 heteroatoms. The number of hydrogen-bond donors (Lipinski definition) is 0. The number of allylic oxidation sites excluding steroid dienone is 4. The third kappa shape index (κ3) is 4.82. The van der Waals surface area contributed by atoms with Crippen LogP contribution in [0.3, 0.4) is 0 Å². The van der Waals surface area contributed by atoms with E-state index in [9.17, 15) is 0 Å². The SMILES string of the molecule is C1=CCC(c2cc(-c3ccccc3)nc(-n3c4ccccc4c4ccc5c6ccccc6n(-c6cccc(-n7c8ccccc8c8ccccc87)c6)c5c43)n2)C=C1. The van der Waals surface area contributed by atoms with Crippen LogP contribution in [0, 0.1) is 0 Å². The molecule has 0 N–H and O–H groups in total. The van der Waals surface area contributed by atoms with Crippen LogP contribution in [-0.4, -0.2) is 23.7 Å². The normalized spacial score (nSPS) is 14.3. The molecular formula is C52H35N5. The molecule has 7 aromatic carbocycles. The average Bonchev–Trinajstić information content (AvgIpc) is 3.93. The monoisotopic (exact) mass is 729 g/mol. The summed E-state index contributed by atoms with van der Waals surface area (Å²) in [5.74, 6) is 0.825. The first kappa shape index (κ1) is 31.8. The molecule has 268 valence electrons. The van der Waals surface area contributed by atoms with Gasteiger partial charge in [0.15, 0.2) is 0 Å². The van der Waals surface area contributed by atoms with E-state index >= 15 is 0 Å². The molecule has 5 nitrogen and oxygen atoms in total. The second-order valence-corrected chi connectivity index (χ2v) is 15.0. The van der Waals surface area contributed by atoms with Gasteiger partial charge in [0.1, 0.15) is 0 Å². The maximum atomic E-state index is 5.45. The van der Waals surface area contributed by atoms with Crippen LogP contribution >= 0.6 is 0 Å². The van der Waals surface area contributed by atoms with Gasteiger partial charge in [-0.15, -0.1) is 0 Å². The van der Waals surface area contributed by atoms with Crippen LogP contribution in [0.5, 0.6) is 0 Å². The summed E-state index contributed by atoms with van der Waals surface area (Å²) < 4.78 is 7.17. The van der Waals surface area contributed by atoms with Crippen molar-refractivity contribution in [3.63, 3.8) is 0 Å². The van der Waals surface area contributed by atoms with E-state index in [4.69, 9.17) is 9.97 Å². The maximum absolute atomic E-state index is 5.45. The molecule has 57 heavy (non-hydrogen) atoms. The quantitative estimate of drug-likeness (QED) is 0.177. The highest BCUT2D eigenvalue weighted by atomic mass is 15.2. The van der Waals surface area contributed by atoms with Gasteiger partial charge < -0.3 is 9.13 Å². The van der Waals surface area contributed by atoms with Crippen molar-refractivity contribution in [1.29, 1.82) is 0 Å². The fourth-order valence-corrected chi connectivity index (χ4v) is 9.25. The number of para-hydroxylation sites is 4. The van der Waals surface area contributed by atoms with Crippen LogP contribution in [0.15, 0.2) is 194 Å². The summed E-state index contributed by atoms with van der Waals surface area (Å²) in [5.41, 5.74) is 12.0. The number of fused-ring (bicyclic) bond motifs is 10. The molecule has 0 fully saturated rings. The van der Waals surface area contributed by atoms with Crippen LogP contribution in [0.2, 0.25) is 0 Å². The van der Waals surface area contributed by atoms with Crippen molar-refractivity contribution in [1.82, 2.24) is 23.7 Å². The number of rotatable bonds is 5. The summed E-state index contributed by atoms with van der Waals surface area (Å²) in [4.78, 5) is 10.9. The van der Waals surface area contributed by atoms with Crippen molar-refractivity contribution in [2.45, 2.75) is 12.3 Å². The van der Waals surface area contributed by atoms with Gasteiger partial charge in [0.05, 0.1) is 44.5 Å². The van der Waals surface area contributed by atoms with E-state index in [1.165, 1.54) is 38.0 Å². The highest BCUT2D eigenvalue weighted by Gasteiger charge is 2.24. The standard InChI is InChI=1S/C52H35N5/c1-3-16-34(17-4-1)44-33-45(35-18-5-2-6-19-35)54-52(53-44)57-49-29-14-10-25-41(49)43-31-30-42-40-24-9-13-28-48(40)56(50(42)51(43)57)37-21-15-20-36(32-37)55-46-26-11-7-22-38(46)39-23-8-12-27-47(39)55/h1-18,20-33,35H,19H2. The smallest absolute Gasteiger partial charge is 0.235 e. The van der Waals surface area contributed by atoms with E-state index in [1.807, 2.05) is 0 Å². The zero-order valence-electron chi connectivity index (χ0n) is 31.0. The topological polar surface area (TPSA) is 40.6 Å². The van der Waals surface area contributed by atoms with Crippen LogP contribution in [0.4, 0.5) is 0 Å². The minimum Gasteiger partial charge on any atom is -0.309 e. The number of aromatic nitrogens is 5. The van der Waals surface area contributed by atoms with Crippen molar-refractivity contribution in [3.05, 3.63) is 200 Å². The van der Waals surface area contributed by atoms with Gasteiger partial charge in [-0.1, -0.05) is 146 Å². The summed E-state index contributed by atoms with van der Waals surface area (Å²) in [6.07, 6.45) is 9.64. The van der Waals surface area contributed by atoms with Gasteiger partial charge in [-0.05, 0) is 55.0 Å². The molecule has 1 aliphatic rings. The summed E-state index contributed by atoms with van der Waals surface area (Å²) in [7, 11) is 0. The van der Waals surface area contributed by atoms with Crippen molar-refractivity contribution >= 4 is 65.4 Å². The second kappa shape index (κ2) is 12.5. The number of benzene rings is 7. The molecule has 4 aromatic heterocycles. The van der Waals surface area contributed by atoms with E-state index in [-0.39, 0.29) is 5.92 Å². The zero-order chi connectivity index (χ0) is 37.5. The molecule has 4 heterocycles. The van der Waals surface area contributed by atoms with Crippen LogP contribution in [-0.2, 0) is 0 Å². The number of hydrogen-bond acceptors (Lipinski definition) is 2. The minimum absolute atomic E-state index is 0.155. The third-order valence-corrected chi connectivity index (χ3v) is 11.8. The van der Waals surface area contributed by atoms with Crippen molar-refractivity contribution < 1.29 is 0 Å². The van der Waals surface area contributed by atoms with Crippen LogP contribution < -0.4 is 0 Å². The fraction of sp³-hybridized carbons (Fsp3) is 0.0385. The Morgan fingerprint density at radius 1 is 0.421 bits per heavy atom.